The topological polar surface area (TPSA) is 50.2 Å². The number of carboxylic acid groups (broad SMARTS) is 1. The van der Waals surface area contributed by atoms with Gasteiger partial charge in [0.2, 0.25) is 0 Å². The fourth-order valence-electron chi connectivity index (χ4n) is 1.34. The number of hydrogen-bond acceptors (Lipinski definition) is 2. The molecule has 1 aromatic carbocycles. The molecule has 1 aromatic heterocycles. The van der Waals surface area contributed by atoms with E-state index in [4.69, 9.17) is 5.11 Å². The third-order valence-corrected chi connectivity index (χ3v) is 2.69. The van der Waals surface area contributed by atoms with Crippen molar-refractivity contribution in [2.75, 3.05) is 0 Å². The van der Waals surface area contributed by atoms with Crippen molar-refractivity contribution in [1.82, 2.24) is 4.98 Å². The minimum atomic E-state index is -0.935. The summed E-state index contributed by atoms with van der Waals surface area (Å²) in [5.41, 5.74) is 0.274. The summed E-state index contributed by atoms with van der Waals surface area (Å²) < 4.78 is 0.875. The first kappa shape index (κ1) is 9.15. The average molecular weight is 252 g/mol. The van der Waals surface area contributed by atoms with E-state index >= 15 is 0 Å². The van der Waals surface area contributed by atoms with Crippen LogP contribution in [0.2, 0.25) is 0 Å². The minimum Gasteiger partial charge on any atom is -0.478 e. The highest BCUT2D eigenvalue weighted by Crippen LogP contribution is 2.25. The van der Waals surface area contributed by atoms with Gasteiger partial charge in [0.25, 0.3) is 0 Å². The van der Waals surface area contributed by atoms with Crippen molar-refractivity contribution in [3.8, 4) is 0 Å². The lowest BCUT2D eigenvalue weighted by molar-refractivity contribution is 0.0699. The molecule has 0 aliphatic rings. The number of benzene rings is 1. The lowest BCUT2D eigenvalue weighted by Gasteiger charge is -2.02. The van der Waals surface area contributed by atoms with Crippen LogP contribution in [0.25, 0.3) is 10.8 Å². The molecule has 0 spiro atoms. The highest BCUT2D eigenvalue weighted by Gasteiger charge is 2.09. The Morgan fingerprint density at radius 1 is 1.29 bits per heavy atom. The van der Waals surface area contributed by atoms with Crippen LogP contribution < -0.4 is 0 Å². The number of aromatic carboxylic acids is 1. The van der Waals surface area contributed by atoms with Gasteiger partial charge in [-0.15, -0.1) is 0 Å². The molecule has 1 heterocycles. The Labute approximate surface area is 88.5 Å². The number of rotatable bonds is 1. The average Bonchev–Trinajstić information content (AvgIpc) is 2.18. The Balaban J connectivity index is 2.88. The number of nitrogens with zero attached hydrogens (tertiary/aromatic N) is 1. The largest absolute Gasteiger partial charge is 0.478 e. The summed E-state index contributed by atoms with van der Waals surface area (Å²) in [5.74, 6) is -0.935. The number of pyridine rings is 1. The molecule has 0 aliphatic carbocycles. The van der Waals surface area contributed by atoms with Crippen LogP contribution in [-0.4, -0.2) is 16.1 Å². The van der Waals surface area contributed by atoms with E-state index in [0.717, 1.165) is 9.86 Å². The first-order valence-corrected chi connectivity index (χ1v) is 4.75. The number of hydrogen-bond donors (Lipinski definition) is 1. The molecule has 0 unspecified atom stereocenters. The molecular formula is C10H6BrNO2. The number of aromatic nitrogens is 1. The SMILES string of the molecule is O=C(O)c1ccc(Br)c2ccncc12. The summed E-state index contributed by atoms with van der Waals surface area (Å²) in [6, 6.07) is 5.08. The monoisotopic (exact) mass is 251 g/mol. The van der Waals surface area contributed by atoms with Crippen LogP contribution in [0.5, 0.6) is 0 Å². The summed E-state index contributed by atoms with van der Waals surface area (Å²) in [6.07, 6.45) is 3.20. The molecule has 1 N–H and O–H groups in total. The quantitative estimate of drug-likeness (QED) is 0.848. The fraction of sp³-hybridized carbons (Fsp3) is 0. The maximum absolute atomic E-state index is 10.9. The minimum absolute atomic E-state index is 0.274. The molecule has 0 aliphatic heterocycles. The van der Waals surface area contributed by atoms with E-state index in [2.05, 4.69) is 20.9 Å². The van der Waals surface area contributed by atoms with E-state index in [0.29, 0.717) is 5.39 Å². The van der Waals surface area contributed by atoms with Gasteiger partial charge in [-0.25, -0.2) is 4.79 Å². The van der Waals surface area contributed by atoms with Gasteiger partial charge in [-0.3, -0.25) is 4.98 Å². The van der Waals surface area contributed by atoms with Crippen LogP contribution in [0, 0.1) is 0 Å². The lowest BCUT2D eigenvalue weighted by atomic mass is 10.1. The molecule has 0 radical (unpaired) electrons. The first-order valence-electron chi connectivity index (χ1n) is 3.95. The highest BCUT2D eigenvalue weighted by molar-refractivity contribution is 9.10. The van der Waals surface area contributed by atoms with Gasteiger partial charge in [0, 0.05) is 22.3 Å². The standard InChI is InChI=1S/C10H6BrNO2/c11-9-2-1-7(10(13)14)8-5-12-4-3-6(8)9/h1-5H,(H,13,14). The molecule has 0 atom stereocenters. The summed E-state index contributed by atoms with van der Waals surface area (Å²) in [6.45, 7) is 0. The molecular weight excluding hydrogens is 246 g/mol. The van der Waals surface area contributed by atoms with E-state index in [1.165, 1.54) is 0 Å². The van der Waals surface area contributed by atoms with Gasteiger partial charge in [-0.1, -0.05) is 15.9 Å². The molecule has 2 aromatic rings. The molecule has 0 amide bonds. The van der Waals surface area contributed by atoms with Crippen molar-refractivity contribution >= 4 is 32.7 Å². The molecule has 3 nitrogen and oxygen atoms in total. The van der Waals surface area contributed by atoms with Gasteiger partial charge in [0.1, 0.15) is 0 Å². The van der Waals surface area contributed by atoms with Crippen molar-refractivity contribution in [3.05, 3.63) is 40.6 Å². The Morgan fingerprint density at radius 3 is 2.79 bits per heavy atom. The second-order valence-corrected chi connectivity index (χ2v) is 3.68. The van der Waals surface area contributed by atoms with Gasteiger partial charge in [-0.05, 0) is 23.6 Å². The van der Waals surface area contributed by atoms with Crippen molar-refractivity contribution in [2.45, 2.75) is 0 Å². The van der Waals surface area contributed by atoms with Crippen LogP contribution in [0.15, 0.2) is 35.1 Å². The van der Waals surface area contributed by atoms with E-state index < -0.39 is 5.97 Å². The molecule has 0 saturated carbocycles. The smallest absolute Gasteiger partial charge is 0.336 e. The second-order valence-electron chi connectivity index (χ2n) is 2.82. The van der Waals surface area contributed by atoms with Crippen molar-refractivity contribution in [1.29, 1.82) is 0 Å². The van der Waals surface area contributed by atoms with Crippen molar-refractivity contribution < 1.29 is 9.90 Å². The van der Waals surface area contributed by atoms with E-state index in [1.807, 2.05) is 0 Å². The summed E-state index contributed by atoms with van der Waals surface area (Å²) >= 11 is 3.36. The van der Waals surface area contributed by atoms with Gasteiger partial charge in [0.15, 0.2) is 0 Å². The number of fused-ring (bicyclic) bond motifs is 1. The maximum Gasteiger partial charge on any atom is 0.336 e. The van der Waals surface area contributed by atoms with Gasteiger partial charge < -0.3 is 5.11 Å². The van der Waals surface area contributed by atoms with Gasteiger partial charge in [0.05, 0.1) is 5.56 Å². The Kier molecular flexibility index (Phi) is 2.21. The van der Waals surface area contributed by atoms with Crippen LogP contribution in [0.3, 0.4) is 0 Å². The van der Waals surface area contributed by atoms with E-state index in [1.54, 1.807) is 30.6 Å². The van der Waals surface area contributed by atoms with Crippen LogP contribution in [-0.2, 0) is 0 Å². The molecule has 70 valence electrons. The van der Waals surface area contributed by atoms with Crippen molar-refractivity contribution in [2.24, 2.45) is 0 Å². The molecule has 2 rings (SSSR count). The predicted octanol–water partition coefficient (Wildman–Crippen LogP) is 2.70. The van der Waals surface area contributed by atoms with Gasteiger partial charge in [-0.2, -0.15) is 0 Å². The molecule has 14 heavy (non-hydrogen) atoms. The van der Waals surface area contributed by atoms with Gasteiger partial charge >= 0.3 is 5.97 Å². The molecule has 0 saturated heterocycles. The highest BCUT2D eigenvalue weighted by atomic mass is 79.9. The Bertz CT molecular complexity index is 510. The molecule has 0 bridgehead atoms. The lowest BCUT2D eigenvalue weighted by Crippen LogP contribution is -1.97. The molecule has 4 heteroatoms. The predicted molar refractivity (Wildman–Crippen MR) is 56.4 cm³/mol. The molecule has 0 fully saturated rings. The normalized spacial score (nSPS) is 10.4. The third kappa shape index (κ3) is 1.37. The zero-order chi connectivity index (χ0) is 10.1. The number of carboxylic acids is 1. The zero-order valence-corrected chi connectivity index (χ0v) is 8.65. The Hall–Kier alpha value is -1.42. The number of carbonyl (C=O) groups is 1. The van der Waals surface area contributed by atoms with Crippen LogP contribution >= 0.6 is 15.9 Å². The second kappa shape index (κ2) is 3.38. The van der Waals surface area contributed by atoms with Crippen molar-refractivity contribution in [3.63, 3.8) is 0 Å². The third-order valence-electron chi connectivity index (χ3n) is 2.00. The fourth-order valence-corrected chi connectivity index (χ4v) is 1.82. The van der Waals surface area contributed by atoms with E-state index in [-0.39, 0.29) is 5.56 Å². The maximum atomic E-state index is 10.9. The summed E-state index contributed by atoms with van der Waals surface area (Å²) in [4.78, 5) is 14.8. The number of halogens is 1. The van der Waals surface area contributed by atoms with Crippen LogP contribution in [0.4, 0.5) is 0 Å². The zero-order valence-electron chi connectivity index (χ0n) is 7.07. The summed E-state index contributed by atoms with van der Waals surface area (Å²) in [7, 11) is 0. The summed E-state index contributed by atoms with van der Waals surface area (Å²) in [5, 5.41) is 10.4. The van der Waals surface area contributed by atoms with Crippen LogP contribution in [0.1, 0.15) is 10.4 Å². The Morgan fingerprint density at radius 2 is 2.07 bits per heavy atom. The van der Waals surface area contributed by atoms with E-state index in [9.17, 15) is 4.79 Å². The first-order chi connectivity index (χ1) is 6.70.